The number of unbranched alkanes of at least 4 members (excludes halogenated alkanes) is 1. The average molecular weight is 357 g/mol. The lowest BCUT2D eigenvalue weighted by molar-refractivity contribution is 0.330. The molecule has 0 atom stereocenters. The van der Waals surface area contributed by atoms with E-state index in [1.807, 2.05) is 0 Å². The van der Waals surface area contributed by atoms with Crippen molar-refractivity contribution in [3.8, 4) is 0 Å². The highest BCUT2D eigenvalue weighted by Gasteiger charge is 2.15. The summed E-state index contributed by atoms with van der Waals surface area (Å²) in [5.41, 5.74) is 8.74. The number of nitrogens with two attached hydrogens (primary N) is 1. The van der Waals surface area contributed by atoms with Gasteiger partial charge in [-0.3, -0.25) is 0 Å². The Morgan fingerprint density at radius 3 is 2.46 bits per heavy atom. The highest BCUT2D eigenvalue weighted by atomic mass is 15.1. The molecule has 0 spiro atoms. The summed E-state index contributed by atoms with van der Waals surface area (Å²) in [6.07, 6.45) is 12.0. The lowest BCUT2D eigenvalue weighted by Crippen LogP contribution is -2.32. The van der Waals surface area contributed by atoms with Crippen molar-refractivity contribution in [1.82, 2.24) is 10.2 Å². The number of hydrogen-bond donors (Lipinski definition) is 2. The summed E-state index contributed by atoms with van der Waals surface area (Å²) in [7, 11) is 0. The van der Waals surface area contributed by atoms with Crippen molar-refractivity contribution in [2.24, 2.45) is 10.7 Å². The highest BCUT2D eigenvalue weighted by Crippen LogP contribution is 2.32. The number of benzene rings is 1. The van der Waals surface area contributed by atoms with E-state index in [4.69, 9.17) is 5.73 Å². The van der Waals surface area contributed by atoms with Crippen LogP contribution in [0.2, 0.25) is 0 Å². The second-order valence-electron chi connectivity index (χ2n) is 7.96. The molecule has 1 heterocycles. The largest absolute Gasteiger partial charge is 0.370 e. The van der Waals surface area contributed by atoms with E-state index in [0.29, 0.717) is 12.5 Å². The van der Waals surface area contributed by atoms with Crippen LogP contribution in [0.25, 0.3) is 0 Å². The van der Waals surface area contributed by atoms with Crippen LogP contribution in [0, 0.1) is 0 Å². The lowest BCUT2D eigenvalue weighted by Gasteiger charge is -2.22. The molecule has 4 nitrogen and oxygen atoms in total. The van der Waals surface area contributed by atoms with Crippen LogP contribution in [-0.4, -0.2) is 37.0 Å². The number of nitrogens with one attached hydrogen (secondary N) is 1. The fraction of sp³-hybridized carbons (Fsp3) is 0.682. The molecule has 1 aromatic carbocycles. The van der Waals surface area contributed by atoms with Crippen LogP contribution >= 0.6 is 0 Å². The Labute approximate surface area is 159 Å². The third-order valence-electron chi connectivity index (χ3n) is 5.89. The average Bonchev–Trinajstić information content (AvgIpc) is 3.21. The van der Waals surface area contributed by atoms with Crippen LogP contribution in [0.15, 0.2) is 29.3 Å². The van der Waals surface area contributed by atoms with E-state index in [1.165, 1.54) is 82.1 Å². The summed E-state index contributed by atoms with van der Waals surface area (Å²) in [4.78, 5) is 7.05. The lowest BCUT2D eigenvalue weighted by atomic mass is 9.84. The van der Waals surface area contributed by atoms with E-state index >= 15 is 0 Å². The minimum atomic E-state index is 0.572. The third-order valence-corrected chi connectivity index (χ3v) is 5.89. The molecule has 1 saturated carbocycles. The first kappa shape index (κ1) is 19.2. The number of aliphatic imine (C=N–C) groups is 1. The van der Waals surface area contributed by atoms with Gasteiger partial charge in [-0.25, -0.2) is 4.99 Å². The minimum Gasteiger partial charge on any atom is -0.370 e. The summed E-state index contributed by atoms with van der Waals surface area (Å²) >= 11 is 0. The Morgan fingerprint density at radius 1 is 1.00 bits per heavy atom. The van der Waals surface area contributed by atoms with Gasteiger partial charge >= 0.3 is 0 Å². The standard InChI is InChI=1S/C22H36N4/c23-22(24-14-4-5-15-26-16-6-7-17-26)25-18-19-10-12-21(13-11-19)20-8-2-1-3-9-20/h10-13,20H,1-9,14-18H2,(H3,23,24,25). The molecule has 1 aliphatic carbocycles. The van der Waals surface area contributed by atoms with Crippen LogP contribution in [0.1, 0.15) is 74.8 Å². The molecule has 0 aromatic heterocycles. The molecule has 1 aromatic rings. The SMILES string of the molecule is NC(=NCc1ccc(C2CCCCC2)cc1)NCCCCN1CCCC1. The quantitative estimate of drug-likeness (QED) is 0.420. The van der Waals surface area contributed by atoms with Gasteiger partial charge in [-0.2, -0.15) is 0 Å². The van der Waals surface area contributed by atoms with Gasteiger partial charge in [0, 0.05) is 6.54 Å². The number of likely N-dealkylation sites (tertiary alicyclic amines) is 1. The number of hydrogen-bond acceptors (Lipinski definition) is 2. The first-order valence-corrected chi connectivity index (χ1v) is 10.7. The molecular formula is C22H36N4. The first-order valence-electron chi connectivity index (χ1n) is 10.7. The van der Waals surface area contributed by atoms with E-state index in [2.05, 4.69) is 39.5 Å². The molecule has 0 bridgehead atoms. The van der Waals surface area contributed by atoms with E-state index in [-0.39, 0.29) is 0 Å². The smallest absolute Gasteiger partial charge is 0.188 e. The highest BCUT2D eigenvalue weighted by molar-refractivity contribution is 5.77. The zero-order chi connectivity index (χ0) is 18.0. The first-order chi connectivity index (χ1) is 12.8. The fourth-order valence-corrected chi connectivity index (χ4v) is 4.25. The molecule has 3 N–H and O–H groups in total. The Morgan fingerprint density at radius 2 is 1.73 bits per heavy atom. The predicted octanol–water partition coefficient (Wildman–Crippen LogP) is 4.01. The van der Waals surface area contributed by atoms with Gasteiger partial charge in [0.25, 0.3) is 0 Å². The summed E-state index contributed by atoms with van der Waals surface area (Å²) < 4.78 is 0. The van der Waals surface area contributed by atoms with Gasteiger partial charge in [0.05, 0.1) is 6.54 Å². The third kappa shape index (κ3) is 6.31. The van der Waals surface area contributed by atoms with Gasteiger partial charge in [-0.15, -0.1) is 0 Å². The van der Waals surface area contributed by atoms with Crippen molar-refractivity contribution in [2.45, 2.75) is 70.3 Å². The topological polar surface area (TPSA) is 53.6 Å². The van der Waals surface area contributed by atoms with Crippen molar-refractivity contribution in [3.05, 3.63) is 35.4 Å². The van der Waals surface area contributed by atoms with Gasteiger partial charge in [0.15, 0.2) is 5.96 Å². The molecule has 0 radical (unpaired) electrons. The van der Waals surface area contributed by atoms with Crippen LogP contribution in [-0.2, 0) is 6.54 Å². The van der Waals surface area contributed by atoms with Crippen molar-refractivity contribution in [2.75, 3.05) is 26.2 Å². The van der Waals surface area contributed by atoms with Crippen LogP contribution in [0.4, 0.5) is 0 Å². The van der Waals surface area contributed by atoms with Gasteiger partial charge in [-0.05, 0) is 75.2 Å². The van der Waals surface area contributed by atoms with E-state index in [9.17, 15) is 0 Å². The molecule has 1 saturated heterocycles. The monoisotopic (exact) mass is 356 g/mol. The van der Waals surface area contributed by atoms with E-state index < -0.39 is 0 Å². The zero-order valence-electron chi connectivity index (χ0n) is 16.3. The maximum absolute atomic E-state index is 6.00. The molecule has 1 aliphatic heterocycles. The fourth-order valence-electron chi connectivity index (χ4n) is 4.25. The van der Waals surface area contributed by atoms with Gasteiger partial charge < -0.3 is 16.0 Å². The summed E-state index contributed by atoms with van der Waals surface area (Å²) in [5.74, 6) is 1.34. The number of nitrogens with zero attached hydrogens (tertiary/aromatic N) is 2. The zero-order valence-corrected chi connectivity index (χ0v) is 16.3. The molecule has 2 aliphatic rings. The van der Waals surface area contributed by atoms with Gasteiger partial charge in [-0.1, -0.05) is 43.5 Å². The van der Waals surface area contributed by atoms with Crippen molar-refractivity contribution < 1.29 is 0 Å². The second-order valence-corrected chi connectivity index (χ2v) is 7.96. The predicted molar refractivity (Wildman–Crippen MR) is 111 cm³/mol. The Hall–Kier alpha value is -1.55. The van der Waals surface area contributed by atoms with Crippen LogP contribution in [0.3, 0.4) is 0 Å². The minimum absolute atomic E-state index is 0.572. The van der Waals surface area contributed by atoms with Crippen LogP contribution < -0.4 is 11.1 Å². The van der Waals surface area contributed by atoms with E-state index in [0.717, 1.165) is 18.9 Å². The number of guanidine groups is 1. The molecule has 2 fully saturated rings. The Bertz CT molecular complexity index is 540. The molecule has 4 heteroatoms. The second kappa shape index (κ2) is 10.6. The Kier molecular flexibility index (Phi) is 7.81. The molecule has 3 rings (SSSR count). The van der Waals surface area contributed by atoms with Crippen LogP contribution in [0.5, 0.6) is 0 Å². The normalized spacial score (nSPS) is 19.8. The van der Waals surface area contributed by atoms with Gasteiger partial charge in [0.2, 0.25) is 0 Å². The van der Waals surface area contributed by atoms with Gasteiger partial charge in [0.1, 0.15) is 0 Å². The van der Waals surface area contributed by atoms with Crippen molar-refractivity contribution in [3.63, 3.8) is 0 Å². The van der Waals surface area contributed by atoms with Crippen molar-refractivity contribution in [1.29, 1.82) is 0 Å². The number of rotatable bonds is 8. The molecular weight excluding hydrogens is 320 g/mol. The molecule has 144 valence electrons. The van der Waals surface area contributed by atoms with Crippen molar-refractivity contribution >= 4 is 5.96 Å². The summed E-state index contributed by atoms with van der Waals surface area (Å²) in [6.45, 7) is 5.39. The molecule has 0 unspecified atom stereocenters. The Balaban J connectivity index is 1.32. The summed E-state index contributed by atoms with van der Waals surface area (Å²) in [6, 6.07) is 9.03. The van der Waals surface area contributed by atoms with E-state index in [1.54, 1.807) is 0 Å². The maximum atomic E-state index is 6.00. The molecule has 26 heavy (non-hydrogen) atoms. The molecule has 0 amide bonds. The summed E-state index contributed by atoms with van der Waals surface area (Å²) in [5, 5.41) is 3.25. The maximum Gasteiger partial charge on any atom is 0.188 e.